The monoisotopic (exact) mass is 548 g/mol. The number of benzene rings is 1. The normalized spacial score (nSPS) is 21.2. The molecule has 1 aromatic carbocycles. The summed E-state index contributed by atoms with van der Waals surface area (Å²) in [5, 5.41) is 3.35. The van der Waals surface area contributed by atoms with E-state index < -0.39 is 0 Å². The first-order chi connectivity index (χ1) is 14.7. The lowest BCUT2D eigenvalue weighted by molar-refractivity contribution is -0.142. The Hall–Kier alpha value is -1.66. The van der Waals surface area contributed by atoms with E-state index in [4.69, 9.17) is 14.2 Å². The second-order valence-electron chi connectivity index (χ2n) is 7.70. The van der Waals surface area contributed by atoms with Gasteiger partial charge in [0.15, 0.2) is 12.8 Å². The zero-order chi connectivity index (χ0) is 20.9. The molecule has 2 fully saturated rings. The van der Waals surface area contributed by atoms with Crippen LogP contribution < -0.4 is 10.1 Å². The molecule has 0 aliphatic carbocycles. The summed E-state index contributed by atoms with van der Waals surface area (Å²) in [6.07, 6.45) is 2.12. The van der Waals surface area contributed by atoms with Gasteiger partial charge in [0.2, 0.25) is 0 Å². The van der Waals surface area contributed by atoms with Crippen LogP contribution in [-0.2, 0) is 27.3 Å². The lowest BCUT2D eigenvalue weighted by atomic mass is 10.1. The van der Waals surface area contributed by atoms with E-state index in [0.29, 0.717) is 52.4 Å². The summed E-state index contributed by atoms with van der Waals surface area (Å²) in [5.41, 5.74) is 1.57. The Morgan fingerprint density at radius 3 is 2.74 bits per heavy atom. The van der Waals surface area contributed by atoms with E-state index in [0.717, 1.165) is 35.7 Å². The van der Waals surface area contributed by atoms with Crippen LogP contribution in [0, 0.1) is 5.82 Å². The van der Waals surface area contributed by atoms with Gasteiger partial charge in [-0.3, -0.25) is 9.79 Å². The number of fused-ring (bicyclic) bond motifs is 1. The maximum Gasteiger partial charge on any atom is 0.251 e. The van der Waals surface area contributed by atoms with Crippen molar-refractivity contribution in [1.82, 2.24) is 15.1 Å². The molecule has 2 saturated heterocycles. The molecule has 10 heteroatoms. The third kappa shape index (κ3) is 5.78. The Bertz CT molecular complexity index is 796. The molecule has 3 heterocycles. The Balaban J connectivity index is 0.00000272. The zero-order valence-electron chi connectivity index (χ0n) is 17.8. The third-order valence-corrected chi connectivity index (χ3v) is 5.74. The molecular weight excluding hydrogens is 518 g/mol. The maximum atomic E-state index is 13.9. The predicted molar refractivity (Wildman–Crippen MR) is 124 cm³/mol. The molecule has 0 radical (unpaired) electrons. The van der Waals surface area contributed by atoms with Crippen LogP contribution in [0.5, 0.6) is 5.75 Å². The van der Waals surface area contributed by atoms with Gasteiger partial charge in [-0.15, -0.1) is 24.0 Å². The summed E-state index contributed by atoms with van der Waals surface area (Å²) in [6, 6.07) is 2.98. The Kier molecular flexibility index (Phi) is 8.73. The number of hydrogen-bond acceptors (Lipinski definition) is 5. The largest absolute Gasteiger partial charge is 0.467 e. The molecule has 1 amide bonds. The highest BCUT2D eigenvalue weighted by Crippen LogP contribution is 2.29. The maximum absolute atomic E-state index is 13.9. The van der Waals surface area contributed by atoms with Gasteiger partial charge in [-0.2, -0.15) is 0 Å². The van der Waals surface area contributed by atoms with Gasteiger partial charge >= 0.3 is 0 Å². The third-order valence-electron chi connectivity index (χ3n) is 5.74. The molecule has 1 atom stereocenters. The first-order valence-electron chi connectivity index (χ1n) is 10.5. The van der Waals surface area contributed by atoms with Gasteiger partial charge in [0, 0.05) is 51.9 Å². The number of guanidine groups is 1. The number of amides is 1. The summed E-state index contributed by atoms with van der Waals surface area (Å²) < 4.78 is 30.2. The van der Waals surface area contributed by atoms with Crippen LogP contribution in [0.15, 0.2) is 17.1 Å². The van der Waals surface area contributed by atoms with Crippen LogP contribution in [0.1, 0.15) is 24.0 Å². The van der Waals surface area contributed by atoms with Gasteiger partial charge in [-0.1, -0.05) is 0 Å². The molecule has 3 aliphatic heterocycles. The standard InChI is InChI=1S/C21H29FN4O4.HI/c1-23-21(26-8-6-25(7-9-26)20(27)18-3-2-10-29-18)24-5-4-15-11-17(22)12-16-13-28-14-30-19(15)16;/h11-12,18H,2-10,13-14H2,1H3,(H,23,24);1H. The lowest BCUT2D eigenvalue weighted by Crippen LogP contribution is -2.55. The first-order valence-corrected chi connectivity index (χ1v) is 10.5. The summed E-state index contributed by atoms with van der Waals surface area (Å²) in [7, 11) is 1.75. The van der Waals surface area contributed by atoms with Crippen molar-refractivity contribution in [2.45, 2.75) is 32.0 Å². The van der Waals surface area contributed by atoms with Crippen LogP contribution in [0.3, 0.4) is 0 Å². The highest BCUT2D eigenvalue weighted by Gasteiger charge is 2.30. The van der Waals surface area contributed by atoms with Crippen LogP contribution in [-0.4, -0.2) is 80.9 Å². The number of piperazine rings is 1. The van der Waals surface area contributed by atoms with Crippen molar-refractivity contribution in [2.75, 3.05) is 53.2 Å². The zero-order valence-corrected chi connectivity index (χ0v) is 20.1. The quantitative estimate of drug-likeness (QED) is 0.351. The molecule has 1 aromatic rings. The Labute approximate surface area is 199 Å². The number of carbonyl (C=O) groups is 1. The SMILES string of the molecule is CN=C(NCCc1cc(F)cc2c1OCOC2)N1CCN(C(=O)C2CCCO2)CC1.I. The number of ether oxygens (including phenoxy) is 3. The number of rotatable bonds is 4. The molecule has 31 heavy (non-hydrogen) atoms. The highest BCUT2D eigenvalue weighted by molar-refractivity contribution is 14.0. The number of aliphatic imine (C=N–C) groups is 1. The Morgan fingerprint density at radius 1 is 1.26 bits per heavy atom. The molecule has 4 rings (SSSR count). The summed E-state index contributed by atoms with van der Waals surface area (Å²) in [4.78, 5) is 20.9. The number of nitrogens with one attached hydrogen (secondary N) is 1. The van der Waals surface area contributed by atoms with Crippen molar-refractivity contribution in [3.63, 3.8) is 0 Å². The van der Waals surface area contributed by atoms with E-state index in [1.54, 1.807) is 7.05 Å². The van der Waals surface area contributed by atoms with Gasteiger partial charge in [-0.05, 0) is 37.0 Å². The van der Waals surface area contributed by atoms with E-state index in [1.165, 1.54) is 12.1 Å². The van der Waals surface area contributed by atoms with Gasteiger partial charge in [0.1, 0.15) is 17.7 Å². The average Bonchev–Trinajstić information content (AvgIpc) is 3.31. The summed E-state index contributed by atoms with van der Waals surface area (Å²) in [5.74, 6) is 1.33. The smallest absolute Gasteiger partial charge is 0.251 e. The van der Waals surface area contributed by atoms with Crippen molar-refractivity contribution in [1.29, 1.82) is 0 Å². The van der Waals surface area contributed by atoms with Crippen LogP contribution in [0.4, 0.5) is 4.39 Å². The van der Waals surface area contributed by atoms with Crippen molar-refractivity contribution < 1.29 is 23.4 Å². The topological polar surface area (TPSA) is 75.6 Å². The van der Waals surface area contributed by atoms with E-state index >= 15 is 0 Å². The number of carbonyl (C=O) groups excluding carboxylic acids is 1. The molecule has 0 spiro atoms. The fourth-order valence-electron chi connectivity index (χ4n) is 4.20. The lowest BCUT2D eigenvalue weighted by Gasteiger charge is -2.37. The van der Waals surface area contributed by atoms with Gasteiger partial charge in [0.05, 0.1) is 6.61 Å². The molecule has 0 bridgehead atoms. The van der Waals surface area contributed by atoms with E-state index in [9.17, 15) is 9.18 Å². The van der Waals surface area contributed by atoms with Crippen molar-refractivity contribution in [2.24, 2.45) is 4.99 Å². The molecule has 1 unspecified atom stereocenters. The predicted octanol–water partition coefficient (Wildman–Crippen LogP) is 1.75. The molecule has 0 saturated carbocycles. The van der Waals surface area contributed by atoms with E-state index in [2.05, 4.69) is 15.2 Å². The van der Waals surface area contributed by atoms with Crippen LogP contribution >= 0.6 is 24.0 Å². The fourth-order valence-corrected chi connectivity index (χ4v) is 4.20. The first kappa shape index (κ1) is 24.0. The van der Waals surface area contributed by atoms with Crippen molar-refractivity contribution in [3.05, 3.63) is 29.1 Å². The molecule has 172 valence electrons. The molecule has 3 aliphatic rings. The summed E-state index contributed by atoms with van der Waals surface area (Å²) in [6.45, 7) is 4.58. The molecule has 1 N–H and O–H groups in total. The minimum absolute atomic E-state index is 0. The Morgan fingerprint density at radius 2 is 2.03 bits per heavy atom. The van der Waals surface area contributed by atoms with Crippen LogP contribution in [0.2, 0.25) is 0 Å². The van der Waals surface area contributed by atoms with Gasteiger partial charge in [-0.25, -0.2) is 4.39 Å². The van der Waals surface area contributed by atoms with Crippen molar-refractivity contribution >= 4 is 35.8 Å². The molecule has 0 aromatic heterocycles. The molecule has 8 nitrogen and oxygen atoms in total. The van der Waals surface area contributed by atoms with E-state index in [-0.39, 0.29) is 48.6 Å². The average molecular weight is 548 g/mol. The number of nitrogens with zero attached hydrogens (tertiary/aromatic N) is 3. The minimum atomic E-state index is -0.283. The van der Waals surface area contributed by atoms with Crippen molar-refractivity contribution in [3.8, 4) is 5.75 Å². The van der Waals surface area contributed by atoms with Crippen LogP contribution in [0.25, 0.3) is 0 Å². The van der Waals surface area contributed by atoms with E-state index in [1.807, 2.05) is 4.90 Å². The second kappa shape index (κ2) is 11.3. The fraction of sp³-hybridized carbons (Fsp3) is 0.619. The summed E-state index contributed by atoms with van der Waals surface area (Å²) >= 11 is 0. The second-order valence-corrected chi connectivity index (χ2v) is 7.70. The number of hydrogen-bond donors (Lipinski definition) is 1. The van der Waals surface area contributed by atoms with Gasteiger partial charge < -0.3 is 29.3 Å². The highest BCUT2D eigenvalue weighted by atomic mass is 127. The number of halogens is 2. The van der Waals surface area contributed by atoms with Gasteiger partial charge in [0.25, 0.3) is 5.91 Å². The minimum Gasteiger partial charge on any atom is -0.467 e. The molecular formula is C21H30FIN4O4.